The molecule has 0 spiro atoms. The first-order valence-corrected chi connectivity index (χ1v) is 6.82. The summed E-state index contributed by atoms with van der Waals surface area (Å²) in [6.45, 7) is 3.88. The maximum atomic E-state index is 11.8. The van der Waals surface area contributed by atoms with Gasteiger partial charge in [-0.25, -0.2) is 4.79 Å². The van der Waals surface area contributed by atoms with Gasteiger partial charge in [0.2, 0.25) is 5.88 Å². The minimum absolute atomic E-state index is 0.206. The summed E-state index contributed by atoms with van der Waals surface area (Å²) in [5.41, 5.74) is 2.09. The monoisotopic (exact) mass is 303 g/mol. The molecule has 7 nitrogen and oxygen atoms in total. The number of benzene rings is 1. The van der Waals surface area contributed by atoms with Crippen LogP contribution >= 0.6 is 0 Å². The number of amides is 2. The van der Waals surface area contributed by atoms with Gasteiger partial charge in [-0.1, -0.05) is 17.3 Å². The average Bonchev–Trinajstić information content (AvgIpc) is 2.86. The molecule has 22 heavy (non-hydrogen) atoms. The number of hydrogen-bond acceptors (Lipinski definition) is 5. The summed E-state index contributed by atoms with van der Waals surface area (Å²) in [7, 11) is 0. The van der Waals surface area contributed by atoms with E-state index < -0.39 is 6.03 Å². The highest BCUT2D eigenvalue weighted by Crippen LogP contribution is 2.12. The number of carbonyl (C=O) groups excluding carboxylic acids is 2. The van der Waals surface area contributed by atoms with Crippen molar-refractivity contribution in [3.63, 3.8) is 0 Å². The number of nitrogens with one attached hydrogen (secondary N) is 2. The molecule has 0 radical (unpaired) electrons. The average molecular weight is 303 g/mol. The molecule has 0 atom stereocenters. The molecular weight excluding hydrogens is 286 g/mol. The first kappa shape index (κ1) is 15.6. The van der Waals surface area contributed by atoms with E-state index in [1.165, 1.54) is 0 Å². The van der Waals surface area contributed by atoms with Crippen molar-refractivity contribution in [1.82, 2.24) is 5.16 Å². The van der Waals surface area contributed by atoms with Gasteiger partial charge in [-0.2, -0.15) is 0 Å². The third-order valence-electron chi connectivity index (χ3n) is 2.73. The number of nitrogens with zero attached hydrogens (tertiary/aromatic N) is 1. The summed E-state index contributed by atoms with van der Waals surface area (Å²) in [6, 6.07) is 8.10. The van der Waals surface area contributed by atoms with Crippen molar-refractivity contribution in [3.8, 4) is 0 Å². The molecule has 0 bridgehead atoms. The number of aromatic nitrogens is 1. The highest BCUT2D eigenvalue weighted by atomic mass is 16.5. The van der Waals surface area contributed by atoms with Gasteiger partial charge in [-0.05, 0) is 31.5 Å². The van der Waals surface area contributed by atoms with Gasteiger partial charge in [0.1, 0.15) is 0 Å². The molecule has 0 fully saturated rings. The van der Waals surface area contributed by atoms with Crippen molar-refractivity contribution in [2.24, 2.45) is 0 Å². The highest BCUT2D eigenvalue weighted by Gasteiger charge is 2.07. The Kier molecular flexibility index (Phi) is 5.13. The van der Waals surface area contributed by atoms with Crippen LogP contribution in [0.3, 0.4) is 0 Å². The standard InChI is InChI=1S/C15H17N3O4/c1-3-21-14(19)9-11-4-6-12(7-5-11)16-15(20)17-13-8-10(2)18-22-13/h4-8H,3,9H2,1-2H3,(H2,16,17,20). The predicted octanol–water partition coefficient (Wildman–Crippen LogP) is 2.73. The molecule has 116 valence electrons. The molecule has 2 aromatic rings. The molecule has 7 heteroatoms. The lowest BCUT2D eigenvalue weighted by Gasteiger charge is -2.06. The first-order valence-electron chi connectivity index (χ1n) is 6.82. The molecular formula is C15H17N3O4. The lowest BCUT2D eigenvalue weighted by Crippen LogP contribution is -2.19. The van der Waals surface area contributed by atoms with Gasteiger partial charge in [-0.3, -0.25) is 10.1 Å². The first-order chi connectivity index (χ1) is 10.6. The smallest absolute Gasteiger partial charge is 0.326 e. The van der Waals surface area contributed by atoms with Crippen LogP contribution in [0.1, 0.15) is 18.2 Å². The summed E-state index contributed by atoms with van der Waals surface area (Å²) in [6.07, 6.45) is 0.206. The molecule has 0 aliphatic carbocycles. The van der Waals surface area contributed by atoms with E-state index >= 15 is 0 Å². The Morgan fingerprint density at radius 2 is 1.95 bits per heavy atom. The molecule has 2 amide bonds. The minimum atomic E-state index is -0.436. The van der Waals surface area contributed by atoms with Gasteiger partial charge in [0.05, 0.1) is 18.7 Å². The van der Waals surface area contributed by atoms with E-state index in [9.17, 15) is 9.59 Å². The van der Waals surface area contributed by atoms with Crippen LogP contribution in [0.5, 0.6) is 0 Å². The second-order valence-corrected chi connectivity index (χ2v) is 4.59. The summed E-state index contributed by atoms with van der Waals surface area (Å²) in [5, 5.41) is 8.84. The van der Waals surface area contributed by atoms with Gasteiger partial charge in [0, 0.05) is 11.8 Å². The summed E-state index contributed by atoms with van der Waals surface area (Å²) in [4.78, 5) is 23.1. The van der Waals surface area contributed by atoms with Crippen LogP contribution in [-0.2, 0) is 16.0 Å². The summed E-state index contributed by atoms with van der Waals surface area (Å²) < 4.78 is 9.76. The number of ether oxygens (including phenoxy) is 1. The van der Waals surface area contributed by atoms with Gasteiger partial charge in [0.15, 0.2) is 0 Å². The Hall–Kier alpha value is -2.83. The zero-order chi connectivity index (χ0) is 15.9. The van der Waals surface area contributed by atoms with E-state index in [1.54, 1.807) is 44.2 Å². The predicted molar refractivity (Wildman–Crippen MR) is 80.7 cm³/mol. The van der Waals surface area contributed by atoms with Crippen LogP contribution in [0, 0.1) is 6.92 Å². The third-order valence-corrected chi connectivity index (χ3v) is 2.73. The molecule has 0 unspecified atom stereocenters. The zero-order valence-corrected chi connectivity index (χ0v) is 12.4. The van der Waals surface area contributed by atoms with Crippen molar-refractivity contribution in [1.29, 1.82) is 0 Å². The van der Waals surface area contributed by atoms with Crippen LogP contribution in [0.15, 0.2) is 34.9 Å². The quantitative estimate of drug-likeness (QED) is 0.828. The second-order valence-electron chi connectivity index (χ2n) is 4.59. The van der Waals surface area contributed by atoms with Crippen molar-refractivity contribution in [2.45, 2.75) is 20.3 Å². The van der Waals surface area contributed by atoms with E-state index in [1.807, 2.05) is 0 Å². The number of esters is 1. The zero-order valence-electron chi connectivity index (χ0n) is 12.4. The fourth-order valence-corrected chi connectivity index (χ4v) is 1.78. The van der Waals surface area contributed by atoms with Crippen LogP contribution < -0.4 is 10.6 Å². The molecule has 1 aromatic heterocycles. The van der Waals surface area contributed by atoms with Crippen molar-refractivity contribution < 1.29 is 18.8 Å². The van der Waals surface area contributed by atoms with Crippen molar-refractivity contribution >= 4 is 23.6 Å². The number of rotatable bonds is 5. The summed E-state index contributed by atoms with van der Waals surface area (Å²) >= 11 is 0. The topological polar surface area (TPSA) is 93.5 Å². The SMILES string of the molecule is CCOC(=O)Cc1ccc(NC(=O)Nc2cc(C)no2)cc1. The fourth-order valence-electron chi connectivity index (χ4n) is 1.78. The highest BCUT2D eigenvalue weighted by molar-refractivity contribution is 5.98. The van der Waals surface area contributed by atoms with Crippen LogP contribution in [0.4, 0.5) is 16.4 Å². The van der Waals surface area contributed by atoms with Gasteiger partial charge in [0.25, 0.3) is 0 Å². The van der Waals surface area contributed by atoms with Crippen LogP contribution in [-0.4, -0.2) is 23.8 Å². The fraction of sp³-hybridized carbons (Fsp3) is 0.267. The maximum absolute atomic E-state index is 11.8. The number of hydrogen-bond donors (Lipinski definition) is 2. The largest absolute Gasteiger partial charge is 0.466 e. The number of anilines is 2. The Morgan fingerprint density at radius 3 is 2.55 bits per heavy atom. The lowest BCUT2D eigenvalue weighted by atomic mass is 10.1. The van der Waals surface area contributed by atoms with Crippen molar-refractivity contribution in [2.75, 3.05) is 17.2 Å². The molecule has 0 saturated carbocycles. The third kappa shape index (κ3) is 4.62. The van der Waals surface area contributed by atoms with E-state index in [0.29, 0.717) is 18.0 Å². The Balaban J connectivity index is 1.87. The van der Waals surface area contributed by atoms with Crippen LogP contribution in [0.2, 0.25) is 0 Å². The van der Waals surface area contributed by atoms with Gasteiger partial charge in [-0.15, -0.1) is 0 Å². The van der Waals surface area contributed by atoms with E-state index in [2.05, 4.69) is 15.8 Å². The molecule has 0 saturated heterocycles. The summed E-state index contributed by atoms with van der Waals surface area (Å²) in [5.74, 6) is -0.00410. The van der Waals surface area contributed by atoms with E-state index in [0.717, 1.165) is 5.56 Å². The molecule has 1 heterocycles. The Bertz CT molecular complexity index is 649. The van der Waals surface area contributed by atoms with Gasteiger partial charge >= 0.3 is 12.0 Å². The minimum Gasteiger partial charge on any atom is -0.466 e. The second kappa shape index (κ2) is 7.26. The Labute approximate surface area is 127 Å². The molecule has 0 aliphatic heterocycles. The van der Waals surface area contributed by atoms with E-state index in [-0.39, 0.29) is 18.3 Å². The normalized spacial score (nSPS) is 10.1. The number of carbonyl (C=O) groups is 2. The van der Waals surface area contributed by atoms with Crippen molar-refractivity contribution in [3.05, 3.63) is 41.6 Å². The molecule has 2 N–H and O–H groups in total. The molecule has 0 aliphatic rings. The van der Waals surface area contributed by atoms with E-state index in [4.69, 9.17) is 9.26 Å². The van der Waals surface area contributed by atoms with Crippen LogP contribution in [0.25, 0.3) is 0 Å². The van der Waals surface area contributed by atoms with Gasteiger partial charge < -0.3 is 14.6 Å². The lowest BCUT2D eigenvalue weighted by molar-refractivity contribution is -0.142. The molecule has 1 aromatic carbocycles. The number of urea groups is 1. The number of aryl methyl sites for hydroxylation is 1. The maximum Gasteiger partial charge on any atom is 0.326 e. The Morgan fingerprint density at radius 1 is 1.23 bits per heavy atom. The molecule has 2 rings (SSSR count).